The fourth-order valence-electron chi connectivity index (χ4n) is 3.18. The van der Waals surface area contributed by atoms with Gasteiger partial charge in [0.15, 0.2) is 0 Å². The Hall–Kier alpha value is -1.61. The van der Waals surface area contributed by atoms with Crippen LogP contribution in [0.25, 0.3) is 5.69 Å². The van der Waals surface area contributed by atoms with E-state index >= 15 is 0 Å². The van der Waals surface area contributed by atoms with E-state index in [2.05, 4.69) is 41.9 Å². The number of imidazole rings is 1. The van der Waals surface area contributed by atoms with Crippen LogP contribution >= 0.6 is 0 Å². The molecule has 1 aromatic carbocycles. The third-order valence-corrected chi connectivity index (χ3v) is 4.46. The number of nitrogens with zero attached hydrogens (tertiary/aromatic N) is 2. The average molecular weight is 267 g/mol. The molecule has 0 unspecified atom stereocenters. The summed E-state index contributed by atoms with van der Waals surface area (Å²) in [5, 5.41) is 3.44. The predicted molar refractivity (Wildman–Crippen MR) is 80.4 cm³/mol. The zero-order chi connectivity index (χ0) is 13.7. The predicted octanol–water partition coefficient (Wildman–Crippen LogP) is 3.01. The lowest BCUT2D eigenvalue weighted by atomic mass is 10.1. The summed E-state index contributed by atoms with van der Waals surface area (Å²) in [5.41, 5.74) is 6.70. The van der Waals surface area contributed by atoms with Crippen LogP contribution in [-0.2, 0) is 13.0 Å². The standard InChI is InChI=1S/C17H21N3/c1-11-3-4-12(2)16(9-11)20-15-7-8-18-10-14(15)19-17(20)13-5-6-13/h3-4,9,13,18H,5-8,10H2,1-2H3. The summed E-state index contributed by atoms with van der Waals surface area (Å²) < 4.78 is 2.47. The van der Waals surface area contributed by atoms with Gasteiger partial charge in [0.2, 0.25) is 0 Å². The second-order valence-corrected chi connectivity index (χ2v) is 6.19. The lowest BCUT2D eigenvalue weighted by molar-refractivity contribution is 0.619. The molecule has 1 aromatic heterocycles. The second-order valence-electron chi connectivity index (χ2n) is 6.19. The molecule has 1 saturated carbocycles. The summed E-state index contributed by atoms with van der Waals surface area (Å²) in [6, 6.07) is 6.74. The van der Waals surface area contributed by atoms with Crippen LogP contribution in [0.2, 0.25) is 0 Å². The van der Waals surface area contributed by atoms with Crippen molar-refractivity contribution in [1.82, 2.24) is 14.9 Å². The molecule has 1 aliphatic heterocycles. The summed E-state index contributed by atoms with van der Waals surface area (Å²) in [4.78, 5) is 4.96. The van der Waals surface area contributed by atoms with Crippen molar-refractivity contribution in [1.29, 1.82) is 0 Å². The molecule has 2 heterocycles. The first-order valence-electron chi connectivity index (χ1n) is 7.63. The summed E-state index contributed by atoms with van der Waals surface area (Å²) in [6.07, 6.45) is 3.69. The van der Waals surface area contributed by atoms with E-state index < -0.39 is 0 Å². The van der Waals surface area contributed by atoms with Gasteiger partial charge < -0.3 is 5.32 Å². The highest BCUT2D eigenvalue weighted by Crippen LogP contribution is 2.42. The van der Waals surface area contributed by atoms with E-state index in [9.17, 15) is 0 Å². The Morgan fingerprint density at radius 2 is 2.10 bits per heavy atom. The van der Waals surface area contributed by atoms with Crippen LogP contribution in [0.4, 0.5) is 0 Å². The molecule has 0 amide bonds. The Bertz CT molecular complexity index is 665. The minimum Gasteiger partial charge on any atom is -0.311 e. The lowest BCUT2D eigenvalue weighted by Crippen LogP contribution is -2.25. The number of fused-ring (bicyclic) bond motifs is 1. The lowest BCUT2D eigenvalue weighted by Gasteiger charge is -2.18. The molecule has 0 atom stereocenters. The highest BCUT2D eigenvalue weighted by atomic mass is 15.1. The van der Waals surface area contributed by atoms with Gasteiger partial charge in [0.05, 0.1) is 11.4 Å². The summed E-state index contributed by atoms with van der Waals surface area (Å²) in [7, 11) is 0. The van der Waals surface area contributed by atoms with E-state index in [0.717, 1.165) is 19.5 Å². The number of hydrogen-bond donors (Lipinski definition) is 1. The van der Waals surface area contributed by atoms with Crippen molar-refractivity contribution in [3.05, 3.63) is 46.5 Å². The van der Waals surface area contributed by atoms with E-state index in [1.165, 1.54) is 46.9 Å². The van der Waals surface area contributed by atoms with Gasteiger partial charge in [-0.1, -0.05) is 12.1 Å². The minimum atomic E-state index is 0.681. The Labute approximate surface area is 120 Å². The monoisotopic (exact) mass is 267 g/mol. The molecule has 0 bridgehead atoms. The van der Waals surface area contributed by atoms with Gasteiger partial charge in [-0.25, -0.2) is 4.98 Å². The molecule has 104 valence electrons. The van der Waals surface area contributed by atoms with E-state index in [1.54, 1.807) is 0 Å². The van der Waals surface area contributed by atoms with Crippen molar-refractivity contribution in [2.24, 2.45) is 0 Å². The topological polar surface area (TPSA) is 29.9 Å². The third-order valence-electron chi connectivity index (χ3n) is 4.46. The van der Waals surface area contributed by atoms with Crippen molar-refractivity contribution < 1.29 is 0 Å². The number of rotatable bonds is 2. The number of aryl methyl sites for hydroxylation is 2. The normalized spacial score (nSPS) is 18.1. The van der Waals surface area contributed by atoms with Crippen molar-refractivity contribution in [2.45, 2.75) is 45.6 Å². The summed E-state index contributed by atoms with van der Waals surface area (Å²) in [5.74, 6) is 1.98. The Kier molecular flexibility index (Phi) is 2.71. The van der Waals surface area contributed by atoms with Crippen LogP contribution in [0.5, 0.6) is 0 Å². The molecular formula is C17H21N3. The largest absolute Gasteiger partial charge is 0.311 e. The number of benzene rings is 1. The molecule has 2 aliphatic rings. The van der Waals surface area contributed by atoms with Crippen molar-refractivity contribution in [3.8, 4) is 5.69 Å². The van der Waals surface area contributed by atoms with Gasteiger partial charge >= 0.3 is 0 Å². The average Bonchev–Trinajstić information content (AvgIpc) is 3.22. The molecule has 2 aromatic rings. The fourth-order valence-corrected chi connectivity index (χ4v) is 3.18. The second kappa shape index (κ2) is 4.45. The van der Waals surface area contributed by atoms with Gasteiger partial charge in [-0.05, 0) is 43.9 Å². The van der Waals surface area contributed by atoms with Gasteiger partial charge in [-0.3, -0.25) is 4.57 Å². The van der Waals surface area contributed by atoms with Gasteiger partial charge in [-0.15, -0.1) is 0 Å². The molecule has 4 rings (SSSR count). The van der Waals surface area contributed by atoms with Crippen molar-refractivity contribution >= 4 is 0 Å². The van der Waals surface area contributed by atoms with Crippen LogP contribution in [0.1, 0.15) is 47.1 Å². The third kappa shape index (κ3) is 1.88. The summed E-state index contributed by atoms with van der Waals surface area (Å²) >= 11 is 0. The van der Waals surface area contributed by atoms with Gasteiger partial charge in [0, 0.05) is 31.1 Å². The van der Waals surface area contributed by atoms with E-state index in [0.29, 0.717) is 5.92 Å². The molecular weight excluding hydrogens is 246 g/mol. The highest BCUT2D eigenvalue weighted by molar-refractivity contribution is 5.47. The molecule has 3 nitrogen and oxygen atoms in total. The molecule has 0 radical (unpaired) electrons. The molecule has 1 fully saturated rings. The Balaban J connectivity index is 1.95. The molecule has 20 heavy (non-hydrogen) atoms. The first-order valence-corrected chi connectivity index (χ1v) is 7.63. The van der Waals surface area contributed by atoms with E-state index in [4.69, 9.17) is 4.98 Å². The fraction of sp³-hybridized carbons (Fsp3) is 0.471. The number of nitrogens with one attached hydrogen (secondary N) is 1. The molecule has 1 N–H and O–H groups in total. The Morgan fingerprint density at radius 3 is 2.90 bits per heavy atom. The number of hydrogen-bond acceptors (Lipinski definition) is 2. The zero-order valence-electron chi connectivity index (χ0n) is 12.2. The van der Waals surface area contributed by atoms with Crippen LogP contribution in [0, 0.1) is 13.8 Å². The maximum atomic E-state index is 4.96. The van der Waals surface area contributed by atoms with E-state index in [1.807, 2.05) is 0 Å². The molecule has 0 spiro atoms. The minimum absolute atomic E-state index is 0.681. The van der Waals surface area contributed by atoms with Gasteiger partial charge in [0.1, 0.15) is 5.82 Å². The van der Waals surface area contributed by atoms with Gasteiger partial charge in [0.25, 0.3) is 0 Å². The molecule has 1 aliphatic carbocycles. The van der Waals surface area contributed by atoms with Crippen LogP contribution in [0.3, 0.4) is 0 Å². The maximum absolute atomic E-state index is 4.96. The zero-order valence-corrected chi connectivity index (χ0v) is 12.2. The van der Waals surface area contributed by atoms with Crippen LogP contribution in [-0.4, -0.2) is 16.1 Å². The molecule has 0 saturated heterocycles. The van der Waals surface area contributed by atoms with Crippen molar-refractivity contribution in [2.75, 3.05) is 6.54 Å². The van der Waals surface area contributed by atoms with E-state index in [-0.39, 0.29) is 0 Å². The van der Waals surface area contributed by atoms with Crippen LogP contribution < -0.4 is 5.32 Å². The summed E-state index contributed by atoms with van der Waals surface area (Å²) in [6.45, 7) is 6.37. The number of aromatic nitrogens is 2. The van der Waals surface area contributed by atoms with Crippen LogP contribution in [0.15, 0.2) is 18.2 Å². The van der Waals surface area contributed by atoms with Crippen molar-refractivity contribution in [3.63, 3.8) is 0 Å². The highest BCUT2D eigenvalue weighted by Gasteiger charge is 2.32. The Morgan fingerprint density at radius 1 is 1.25 bits per heavy atom. The first kappa shape index (κ1) is 12.2. The SMILES string of the molecule is Cc1ccc(C)c(-n2c(C3CC3)nc3c2CCNC3)c1. The molecule has 3 heteroatoms. The quantitative estimate of drug-likeness (QED) is 0.906. The van der Waals surface area contributed by atoms with Gasteiger partial charge in [-0.2, -0.15) is 0 Å². The first-order chi connectivity index (χ1) is 9.74. The maximum Gasteiger partial charge on any atom is 0.116 e. The smallest absolute Gasteiger partial charge is 0.116 e.